The first-order valence-electron chi connectivity index (χ1n) is 5.90. The largest absolute Gasteiger partial charge is 0.468 e. The topological polar surface area (TPSA) is 90.3 Å². The summed E-state index contributed by atoms with van der Waals surface area (Å²) in [5.41, 5.74) is 0. The molecule has 0 spiro atoms. The molecule has 22 heavy (non-hydrogen) atoms. The van der Waals surface area contributed by atoms with Crippen LogP contribution in [0.2, 0.25) is 5.02 Å². The van der Waals surface area contributed by atoms with E-state index >= 15 is 0 Å². The van der Waals surface area contributed by atoms with Crippen molar-refractivity contribution >= 4 is 33.4 Å². The Morgan fingerprint density at radius 3 is 2.86 bits per heavy atom. The number of halogens is 2. The lowest BCUT2D eigenvalue weighted by atomic mass is 10.3. The SMILES string of the molecule is COC(=O)Cn1ccc(NS(=O)(=O)c2cc(F)ccc2Cl)n1. The van der Waals surface area contributed by atoms with E-state index in [2.05, 4.69) is 14.6 Å². The molecule has 0 saturated heterocycles. The van der Waals surface area contributed by atoms with Gasteiger partial charge in [-0.15, -0.1) is 0 Å². The second-order valence-corrected chi connectivity index (χ2v) is 6.21. The Hall–Kier alpha value is -2.13. The van der Waals surface area contributed by atoms with Crippen molar-refractivity contribution in [2.75, 3.05) is 11.8 Å². The van der Waals surface area contributed by atoms with E-state index in [4.69, 9.17) is 11.6 Å². The molecule has 2 rings (SSSR count). The minimum absolute atomic E-state index is 0.0377. The van der Waals surface area contributed by atoms with E-state index in [1.807, 2.05) is 0 Å². The Kier molecular flexibility index (Phi) is 4.67. The van der Waals surface area contributed by atoms with Crippen molar-refractivity contribution in [3.05, 3.63) is 41.3 Å². The molecule has 0 bridgehead atoms. The Balaban J connectivity index is 2.22. The standard InChI is InChI=1S/C12H11ClFN3O4S/c1-21-12(18)7-17-5-4-11(15-17)16-22(19,20)10-6-8(14)2-3-9(10)13/h2-6H,7H2,1H3,(H,15,16). The number of aromatic nitrogens is 2. The fraction of sp³-hybridized carbons (Fsp3) is 0.167. The van der Waals surface area contributed by atoms with Gasteiger partial charge in [0.2, 0.25) is 0 Å². The summed E-state index contributed by atoms with van der Waals surface area (Å²) in [6.45, 7) is -0.168. The molecule has 1 heterocycles. The van der Waals surface area contributed by atoms with Crippen LogP contribution in [0.1, 0.15) is 0 Å². The van der Waals surface area contributed by atoms with Gasteiger partial charge in [0, 0.05) is 12.3 Å². The number of nitrogens with zero attached hydrogens (tertiary/aromatic N) is 2. The van der Waals surface area contributed by atoms with Gasteiger partial charge in [-0.1, -0.05) is 11.6 Å². The Morgan fingerprint density at radius 2 is 2.18 bits per heavy atom. The molecule has 1 aromatic carbocycles. The molecule has 2 aromatic rings. The molecule has 0 fully saturated rings. The van der Waals surface area contributed by atoms with Crippen LogP contribution in [0.25, 0.3) is 0 Å². The van der Waals surface area contributed by atoms with Gasteiger partial charge in [0.15, 0.2) is 5.82 Å². The van der Waals surface area contributed by atoms with Crippen molar-refractivity contribution in [3.63, 3.8) is 0 Å². The highest BCUT2D eigenvalue weighted by molar-refractivity contribution is 7.92. The summed E-state index contributed by atoms with van der Waals surface area (Å²) in [5.74, 6) is -1.31. The number of ether oxygens (including phenoxy) is 1. The summed E-state index contributed by atoms with van der Waals surface area (Å²) in [4.78, 5) is 10.7. The van der Waals surface area contributed by atoms with Crippen LogP contribution in [0.5, 0.6) is 0 Å². The lowest BCUT2D eigenvalue weighted by molar-refractivity contribution is -0.141. The monoisotopic (exact) mass is 347 g/mol. The van der Waals surface area contributed by atoms with E-state index in [9.17, 15) is 17.6 Å². The molecule has 0 radical (unpaired) electrons. The first-order valence-corrected chi connectivity index (χ1v) is 7.76. The van der Waals surface area contributed by atoms with Crippen molar-refractivity contribution in [3.8, 4) is 0 Å². The maximum atomic E-state index is 13.2. The van der Waals surface area contributed by atoms with Crippen molar-refractivity contribution in [1.29, 1.82) is 0 Å². The number of hydrogen-bond acceptors (Lipinski definition) is 5. The average Bonchev–Trinajstić information content (AvgIpc) is 2.87. The molecule has 0 amide bonds. The number of benzene rings is 1. The van der Waals surface area contributed by atoms with Gasteiger partial charge in [-0.3, -0.25) is 14.2 Å². The van der Waals surface area contributed by atoms with Gasteiger partial charge < -0.3 is 4.74 Å². The van der Waals surface area contributed by atoms with Crippen molar-refractivity contribution < 1.29 is 22.3 Å². The second kappa shape index (κ2) is 6.32. The zero-order chi connectivity index (χ0) is 16.3. The van der Waals surface area contributed by atoms with Crippen molar-refractivity contribution in [2.45, 2.75) is 11.4 Å². The molecule has 0 aliphatic heterocycles. The van der Waals surface area contributed by atoms with Gasteiger partial charge in [-0.05, 0) is 18.2 Å². The second-order valence-electron chi connectivity index (χ2n) is 4.15. The van der Waals surface area contributed by atoms with Crippen LogP contribution in [0, 0.1) is 5.82 Å². The number of carbonyl (C=O) groups is 1. The van der Waals surface area contributed by atoms with Crippen LogP contribution in [0.4, 0.5) is 10.2 Å². The summed E-state index contributed by atoms with van der Waals surface area (Å²) < 4.78 is 45.3. The fourth-order valence-corrected chi connectivity index (χ4v) is 3.09. The lowest BCUT2D eigenvalue weighted by Gasteiger charge is -2.07. The summed E-state index contributed by atoms with van der Waals surface area (Å²) in [7, 11) is -2.88. The van der Waals surface area contributed by atoms with E-state index in [0.717, 1.165) is 18.2 Å². The number of rotatable bonds is 5. The number of methoxy groups -OCH3 is 1. The van der Waals surface area contributed by atoms with Crippen molar-refractivity contribution in [2.24, 2.45) is 0 Å². The first-order chi connectivity index (χ1) is 10.3. The summed E-state index contributed by atoms with van der Waals surface area (Å²) in [6, 6.07) is 4.33. The predicted octanol–water partition coefficient (Wildman–Crippen LogP) is 1.65. The van der Waals surface area contributed by atoms with E-state index in [1.54, 1.807) is 0 Å². The molecule has 0 aliphatic rings. The van der Waals surface area contributed by atoms with E-state index < -0.39 is 26.7 Å². The van der Waals surface area contributed by atoms with Crippen LogP contribution in [0.3, 0.4) is 0 Å². The zero-order valence-electron chi connectivity index (χ0n) is 11.3. The molecular formula is C12H11ClFN3O4S. The maximum Gasteiger partial charge on any atom is 0.327 e. The van der Waals surface area contributed by atoms with Crippen LogP contribution in [-0.2, 0) is 26.1 Å². The smallest absolute Gasteiger partial charge is 0.327 e. The Morgan fingerprint density at radius 1 is 1.45 bits per heavy atom. The maximum absolute atomic E-state index is 13.2. The van der Waals surface area contributed by atoms with Crippen LogP contribution in [0.15, 0.2) is 35.4 Å². The Bertz CT molecular complexity index is 806. The van der Waals surface area contributed by atoms with Gasteiger partial charge >= 0.3 is 5.97 Å². The summed E-state index contributed by atoms with van der Waals surface area (Å²) in [5, 5.41) is 3.73. The fourth-order valence-electron chi connectivity index (χ4n) is 1.58. The highest BCUT2D eigenvalue weighted by Crippen LogP contribution is 2.24. The van der Waals surface area contributed by atoms with Crippen LogP contribution >= 0.6 is 11.6 Å². The molecule has 7 nitrogen and oxygen atoms in total. The number of hydrogen-bond donors (Lipinski definition) is 1. The molecule has 1 aromatic heterocycles. The van der Waals surface area contributed by atoms with Gasteiger partial charge in [-0.2, -0.15) is 5.10 Å². The highest BCUT2D eigenvalue weighted by Gasteiger charge is 2.20. The minimum atomic E-state index is -4.10. The third-order valence-electron chi connectivity index (χ3n) is 2.58. The number of anilines is 1. The highest BCUT2D eigenvalue weighted by atomic mass is 35.5. The third-order valence-corrected chi connectivity index (χ3v) is 4.42. The summed E-state index contributed by atoms with van der Waals surface area (Å²) >= 11 is 5.77. The number of esters is 1. The normalized spacial score (nSPS) is 11.2. The first kappa shape index (κ1) is 16.2. The third kappa shape index (κ3) is 3.74. The van der Waals surface area contributed by atoms with Crippen LogP contribution in [-0.4, -0.2) is 31.3 Å². The molecular weight excluding hydrogens is 337 g/mol. The van der Waals surface area contributed by atoms with Gasteiger partial charge in [0.05, 0.1) is 12.1 Å². The average molecular weight is 348 g/mol. The minimum Gasteiger partial charge on any atom is -0.468 e. The quantitative estimate of drug-likeness (QED) is 0.830. The molecule has 118 valence electrons. The van der Waals surface area contributed by atoms with E-state index in [0.29, 0.717) is 0 Å². The number of nitrogens with one attached hydrogen (secondary N) is 1. The molecule has 10 heteroatoms. The van der Waals surface area contributed by atoms with Crippen LogP contribution < -0.4 is 4.72 Å². The molecule has 0 atom stereocenters. The molecule has 0 aliphatic carbocycles. The lowest BCUT2D eigenvalue weighted by Crippen LogP contribution is -2.15. The van der Waals surface area contributed by atoms with Gasteiger partial charge in [0.1, 0.15) is 17.3 Å². The predicted molar refractivity (Wildman–Crippen MR) is 76.5 cm³/mol. The Labute approximate surface area is 130 Å². The number of sulfonamides is 1. The molecule has 0 unspecified atom stereocenters. The van der Waals surface area contributed by atoms with E-state index in [1.165, 1.54) is 24.1 Å². The van der Waals surface area contributed by atoms with E-state index in [-0.39, 0.29) is 17.4 Å². The van der Waals surface area contributed by atoms with Gasteiger partial charge in [0.25, 0.3) is 10.0 Å². The summed E-state index contributed by atoms with van der Waals surface area (Å²) in [6.07, 6.45) is 1.39. The molecule has 0 saturated carbocycles. The molecule has 1 N–H and O–H groups in total. The zero-order valence-corrected chi connectivity index (χ0v) is 12.9. The van der Waals surface area contributed by atoms with Crippen molar-refractivity contribution in [1.82, 2.24) is 9.78 Å². The van der Waals surface area contributed by atoms with Gasteiger partial charge in [-0.25, -0.2) is 12.8 Å². The number of carbonyl (C=O) groups excluding carboxylic acids is 1.